The molecule has 0 bridgehead atoms. The summed E-state index contributed by atoms with van der Waals surface area (Å²) in [5, 5.41) is 18.1. The van der Waals surface area contributed by atoms with Gasteiger partial charge in [0.2, 0.25) is 0 Å². The third kappa shape index (κ3) is 4.08. The van der Waals surface area contributed by atoms with E-state index in [-0.39, 0.29) is 12.6 Å². The first kappa shape index (κ1) is 18.1. The van der Waals surface area contributed by atoms with Gasteiger partial charge in [-0.05, 0) is 45.0 Å². The molecule has 3 N–H and O–H groups in total. The number of aliphatic imine (C=N–C) groups is 1. The number of hydrogen-bond donors (Lipinski definition) is 3. The Morgan fingerprint density at radius 1 is 1.27 bits per heavy atom. The van der Waals surface area contributed by atoms with E-state index in [0.29, 0.717) is 18.3 Å². The van der Waals surface area contributed by atoms with Gasteiger partial charge in [0.1, 0.15) is 22.7 Å². The maximum atomic E-state index is 10.6. The summed E-state index contributed by atoms with van der Waals surface area (Å²) in [5.41, 5.74) is -0.312. The van der Waals surface area contributed by atoms with Crippen molar-refractivity contribution in [3.63, 3.8) is 0 Å². The van der Waals surface area contributed by atoms with E-state index in [1.54, 1.807) is 25.3 Å². The van der Waals surface area contributed by atoms with Crippen LogP contribution in [0.2, 0.25) is 0 Å². The summed E-state index contributed by atoms with van der Waals surface area (Å²) in [6, 6.07) is 13.4. The first-order chi connectivity index (χ1) is 12.5. The molecule has 6 nitrogen and oxygen atoms in total. The standard InChI is InChI=1S/C20H25N3O3/c1-4-21-19(22-13-20(3,24)18-10-7-11-25-18)23-14(2)17-12-15-8-5-6-9-16(15)26-17/h5-12,14,24H,4,13H2,1-3H3,(H2,21,22,23). The molecule has 26 heavy (non-hydrogen) atoms. The van der Waals surface area contributed by atoms with Gasteiger partial charge in [-0.1, -0.05) is 18.2 Å². The van der Waals surface area contributed by atoms with Crippen LogP contribution >= 0.6 is 0 Å². The van der Waals surface area contributed by atoms with E-state index in [4.69, 9.17) is 8.83 Å². The summed E-state index contributed by atoms with van der Waals surface area (Å²) in [6.45, 7) is 6.56. The number of nitrogens with zero attached hydrogens (tertiary/aromatic N) is 1. The molecule has 0 aliphatic carbocycles. The molecule has 2 heterocycles. The average Bonchev–Trinajstić information content (AvgIpc) is 3.29. The topological polar surface area (TPSA) is 82.9 Å². The van der Waals surface area contributed by atoms with Gasteiger partial charge >= 0.3 is 0 Å². The Morgan fingerprint density at radius 3 is 2.77 bits per heavy atom. The highest BCUT2D eigenvalue weighted by Crippen LogP contribution is 2.24. The van der Waals surface area contributed by atoms with Gasteiger partial charge in [-0.2, -0.15) is 0 Å². The van der Waals surface area contributed by atoms with Crippen LogP contribution < -0.4 is 10.6 Å². The maximum absolute atomic E-state index is 10.6. The molecule has 0 spiro atoms. The van der Waals surface area contributed by atoms with E-state index in [1.807, 2.05) is 44.2 Å². The third-order valence-corrected chi connectivity index (χ3v) is 4.17. The predicted octanol–water partition coefficient (Wildman–Crippen LogP) is 3.55. The fourth-order valence-electron chi connectivity index (χ4n) is 2.71. The van der Waals surface area contributed by atoms with Crippen LogP contribution in [0.5, 0.6) is 0 Å². The number of furan rings is 2. The zero-order valence-corrected chi connectivity index (χ0v) is 15.3. The Bertz CT molecular complexity index is 832. The molecule has 0 fully saturated rings. The number of aliphatic hydroxyl groups is 1. The molecular formula is C20H25N3O3. The molecule has 0 amide bonds. The molecule has 0 aliphatic heterocycles. The minimum Gasteiger partial charge on any atom is -0.466 e. The summed E-state index contributed by atoms with van der Waals surface area (Å²) in [4.78, 5) is 4.50. The Kier molecular flexibility index (Phi) is 5.32. The molecular weight excluding hydrogens is 330 g/mol. The zero-order valence-electron chi connectivity index (χ0n) is 15.3. The molecule has 2 unspecified atom stereocenters. The summed E-state index contributed by atoms with van der Waals surface area (Å²) in [7, 11) is 0. The normalized spacial score (nSPS) is 15.6. The molecule has 0 radical (unpaired) electrons. The van der Waals surface area contributed by atoms with Crippen LogP contribution in [0.1, 0.15) is 38.3 Å². The van der Waals surface area contributed by atoms with Gasteiger partial charge < -0.3 is 24.6 Å². The lowest BCUT2D eigenvalue weighted by Gasteiger charge is -2.21. The summed E-state index contributed by atoms with van der Waals surface area (Å²) in [6.07, 6.45) is 1.54. The number of guanidine groups is 1. The highest BCUT2D eigenvalue weighted by molar-refractivity contribution is 5.81. The highest BCUT2D eigenvalue weighted by atomic mass is 16.4. The fraction of sp³-hybridized carbons (Fsp3) is 0.350. The molecule has 1 aromatic carbocycles. The Balaban J connectivity index is 1.72. The molecule has 3 rings (SSSR count). The van der Waals surface area contributed by atoms with E-state index in [1.165, 1.54) is 0 Å². The molecule has 3 aromatic rings. The third-order valence-electron chi connectivity index (χ3n) is 4.17. The van der Waals surface area contributed by atoms with E-state index in [0.717, 1.165) is 16.7 Å². The van der Waals surface area contributed by atoms with E-state index in [9.17, 15) is 5.11 Å². The monoisotopic (exact) mass is 355 g/mol. The van der Waals surface area contributed by atoms with Gasteiger partial charge in [-0.15, -0.1) is 0 Å². The van der Waals surface area contributed by atoms with Crippen molar-refractivity contribution in [2.45, 2.75) is 32.4 Å². The number of para-hydroxylation sites is 1. The summed E-state index contributed by atoms with van der Waals surface area (Å²) < 4.78 is 11.2. The smallest absolute Gasteiger partial charge is 0.191 e. The van der Waals surface area contributed by atoms with Crippen LogP contribution in [-0.4, -0.2) is 24.2 Å². The van der Waals surface area contributed by atoms with Crippen LogP contribution in [-0.2, 0) is 5.60 Å². The molecule has 0 aliphatic rings. The largest absolute Gasteiger partial charge is 0.466 e. The van der Waals surface area contributed by atoms with Gasteiger partial charge in [0.25, 0.3) is 0 Å². The summed E-state index contributed by atoms with van der Waals surface area (Å²) >= 11 is 0. The second kappa shape index (κ2) is 7.66. The van der Waals surface area contributed by atoms with Crippen LogP contribution in [0.15, 0.2) is 62.6 Å². The van der Waals surface area contributed by atoms with Crippen molar-refractivity contribution in [1.29, 1.82) is 0 Å². The van der Waals surface area contributed by atoms with Crippen molar-refractivity contribution < 1.29 is 13.9 Å². The van der Waals surface area contributed by atoms with Crippen LogP contribution in [0.25, 0.3) is 11.0 Å². The quantitative estimate of drug-likeness (QED) is 0.465. The van der Waals surface area contributed by atoms with E-state index < -0.39 is 5.60 Å². The number of fused-ring (bicyclic) bond motifs is 1. The van der Waals surface area contributed by atoms with E-state index >= 15 is 0 Å². The average molecular weight is 355 g/mol. The van der Waals surface area contributed by atoms with Gasteiger partial charge in [0.05, 0.1) is 18.8 Å². The molecule has 6 heteroatoms. The second-order valence-electron chi connectivity index (χ2n) is 6.50. The Labute approximate surface area is 152 Å². The van der Waals surface area contributed by atoms with Gasteiger partial charge in [0.15, 0.2) is 5.96 Å². The molecule has 0 saturated heterocycles. The fourth-order valence-corrected chi connectivity index (χ4v) is 2.71. The van der Waals surface area contributed by atoms with Crippen molar-refractivity contribution >= 4 is 16.9 Å². The lowest BCUT2D eigenvalue weighted by atomic mass is 10.0. The first-order valence-corrected chi connectivity index (χ1v) is 8.79. The molecule has 0 saturated carbocycles. The molecule has 138 valence electrons. The van der Waals surface area contributed by atoms with Crippen LogP contribution in [0.4, 0.5) is 0 Å². The number of rotatable bonds is 6. The van der Waals surface area contributed by atoms with Crippen molar-refractivity contribution in [3.8, 4) is 0 Å². The SMILES string of the molecule is CCNC(=NCC(C)(O)c1ccco1)NC(C)c1cc2ccccc2o1. The van der Waals surface area contributed by atoms with Crippen molar-refractivity contribution in [3.05, 3.63) is 60.2 Å². The first-order valence-electron chi connectivity index (χ1n) is 8.79. The predicted molar refractivity (Wildman–Crippen MR) is 102 cm³/mol. The summed E-state index contributed by atoms with van der Waals surface area (Å²) in [5.74, 6) is 1.92. The van der Waals surface area contributed by atoms with Crippen LogP contribution in [0.3, 0.4) is 0 Å². The second-order valence-corrected chi connectivity index (χ2v) is 6.50. The van der Waals surface area contributed by atoms with Crippen molar-refractivity contribution in [1.82, 2.24) is 10.6 Å². The highest BCUT2D eigenvalue weighted by Gasteiger charge is 2.26. The van der Waals surface area contributed by atoms with Gasteiger partial charge in [0, 0.05) is 11.9 Å². The Hall–Kier alpha value is -2.73. The molecule has 2 aromatic heterocycles. The minimum absolute atomic E-state index is 0.0752. The van der Waals surface area contributed by atoms with Gasteiger partial charge in [-0.25, -0.2) is 4.99 Å². The van der Waals surface area contributed by atoms with Gasteiger partial charge in [-0.3, -0.25) is 0 Å². The number of nitrogens with one attached hydrogen (secondary N) is 2. The number of hydrogen-bond acceptors (Lipinski definition) is 4. The number of benzene rings is 1. The van der Waals surface area contributed by atoms with Crippen molar-refractivity contribution in [2.24, 2.45) is 4.99 Å². The Morgan fingerprint density at radius 2 is 2.08 bits per heavy atom. The zero-order chi connectivity index (χ0) is 18.6. The molecule has 2 atom stereocenters. The van der Waals surface area contributed by atoms with Crippen LogP contribution in [0, 0.1) is 0 Å². The minimum atomic E-state index is -1.17. The maximum Gasteiger partial charge on any atom is 0.191 e. The van der Waals surface area contributed by atoms with Crippen molar-refractivity contribution in [2.75, 3.05) is 13.1 Å². The van der Waals surface area contributed by atoms with E-state index in [2.05, 4.69) is 15.6 Å². The lowest BCUT2D eigenvalue weighted by Crippen LogP contribution is -2.40. The lowest BCUT2D eigenvalue weighted by molar-refractivity contribution is 0.0436.